The average molecular weight is 438 g/mol. The third-order valence-electron chi connectivity index (χ3n) is 5.15. The molecule has 0 unspecified atom stereocenters. The first-order chi connectivity index (χ1) is 15.6. The Morgan fingerprint density at radius 3 is 2.22 bits per heavy atom. The molecule has 0 aliphatic heterocycles. The van der Waals surface area contributed by atoms with E-state index < -0.39 is 0 Å². The lowest BCUT2D eigenvalue weighted by Gasteiger charge is -2.17. The number of nitrogens with zero attached hydrogens (tertiary/aromatic N) is 1. The lowest BCUT2D eigenvalue weighted by Crippen LogP contribution is -2.34. The number of benzene rings is 2. The summed E-state index contributed by atoms with van der Waals surface area (Å²) in [5, 5.41) is 6.01. The van der Waals surface area contributed by atoms with E-state index in [1.807, 2.05) is 24.3 Å². The largest absolute Gasteiger partial charge is 0.494 e. The zero-order valence-electron chi connectivity index (χ0n) is 19.4. The van der Waals surface area contributed by atoms with Gasteiger partial charge in [0, 0.05) is 42.2 Å². The van der Waals surface area contributed by atoms with E-state index in [-0.39, 0.29) is 11.7 Å². The quantitative estimate of drug-likeness (QED) is 0.254. The minimum atomic E-state index is -0.0955. The first kappa shape index (κ1) is 25.1. The number of ketones is 1. The second kappa shape index (κ2) is 14.0. The summed E-state index contributed by atoms with van der Waals surface area (Å²) in [5.41, 5.74) is 2.01. The lowest BCUT2D eigenvalue weighted by molar-refractivity contribution is 0.0948. The van der Waals surface area contributed by atoms with Gasteiger partial charge in [0.05, 0.1) is 6.61 Å². The highest BCUT2D eigenvalue weighted by atomic mass is 16.5. The number of carbonyl (C=O) groups is 2. The minimum absolute atomic E-state index is 0.0865. The van der Waals surface area contributed by atoms with Gasteiger partial charge in [-0.05, 0) is 68.0 Å². The molecule has 0 bridgehead atoms. The van der Waals surface area contributed by atoms with Crippen molar-refractivity contribution in [3.63, 3.8) is 0 Å². The molecule has 0 aliphatic carbocycles. The predicted octanol–water partition coefficient (Wildman–Crippen LogP) is 4.75. The molecule has 0 spiro atoms. The van der Waals surface area contributed by atoms with E-state index in [1.165, 1.54) is 6.08 Å². The number of nitrogens with one attached hydrogen (secondary N) is 2. The molecule has 172 valence electrons. The van der Waals surface area contributed by atoms with Crippen molar-refractivity contribution >= 4 is 17.4 Å². The van der Waals surface area contributed by atoms with E-state index in [0.717, 1.165) is 43.9 Å². The molecule has 6 nitrogen and oxygen atoms in total. The smallest absolute Gasteiger partial charge is 0.251 e. The summed E-state index contributed by atoms with van der Waals surface area (Å²) in [6.45, 7) is 10.4. The summed E-state index contributed by atoms with van der Waals surface area (Å²) in [4.78, 5) is 26.8. The van der Waals surface area contributed by atoms with Gasteiger partial charge < -0.3 is 20.3 Å². The Labute approximate surface area is 191 Å². The van der Waals surface area contributed by atoms with Crippen LogP contribution in [-0.4, -0.2) is 49.4 Å². The Morgan fingerprint density at radius 1 is 0.938 bits per heavy atom. The maximum atomic E-state index is 12.3. The second-order valence-electron chi connectivity index (χ2n) is 7.43. The summed E-state index contributed by atoms with van der Waals surface area (Å²) in [6.07, 6.45) is 5.19. The number of allylic oxidation sites excluding steroid dienone is 1. The van der Waals surface area contributed by atoms with Crippen molar-refractivity contribution in [2.45, 2.75) is 33.6 Å². The molecule has 0 aromatic heterocycles. The van der Waals surface area contributed by atoms with E-state index in [0.29, 0.717) is 24.3 Å². The highest BCUT2D eigenvalue weighted by Crippen LogP contribution is 2.14. The van der Waals surface area contributed by atoms with Crippen LogP contribution in [0, 0.1) is 0 Å². The molecule has 2 rings (SSSR count). The average Bonchev–Trinajstić information content (AvgIpc) is 2.82. The fraction of sp³-hybridized carbons (Fsp3) is 0.385. The predicted molar refractivity (Wildman–Crippen MR) is 131 cm³/mol. The van der Waals surface area contributed by atoms with Crippen LogP contribution in [0.1, 0.15) is 54.3 Å². The van der Waals surface area contributed by atoms with Crippen LogP contribution >= 0.6 is 0 Å². The van der Waals surface area contributed by atoms with Gasteiger partial charge >= 0.3 is 0 Å². The van der Waals surface area contributed by atoms with E-state index in [2.05, 4.69) is 36.3 Å². The summed E-state index contributed by atoms with van der Waals surface area (Å²) < 4.78 is 5.62. The van der Waals surface area contributed by atoms with Gasteiger partial charge in [-0.1, -0.05) is 27.2 Å². The van der Waals surface area contributed by atoms with Crippen LogP contribution in [0.4, 0.5) is 5.69 Å². The van der Waals surface area contributed by atoms with Gasteiger partial charge in [-0.25, -0.2) is 0 Å². The second-order valence-corrected chi connectivity index (χ2v) is 7.43. The minimum Gasteiger partial charge on any atom is -0.494 e. The Kier molecular flexibility index (Phi) is 11.0. The fourth-order valence-corrected chi connectivity index (χ4v) is 3.05. The Balaban J connectivity index is 1.79. The van der Waals surface area contributed by atoms with Crippen LogP contribution in [0.2, 0.25) is 0 Å². The number of ether oxygens (including phenoxy) is 1. The molecule has 6 heteroatoms. The standard InChI is InChI=1S/C26H35N3O3/c1-4-7-20-32-24-14-10-21(11-15-24)25(30)16-17-27-23-12-8-22(9-13-23)26(31)28-18-19-29(5-2)6-3/h8-17,27H,4-7,18-20H2,1-3H3,(H,28,31). The van der Waals surface area contributed by atoms with Gasteiger partial charge in [-0.3, -0.25) is 9.59 Å². The summed E-state index contributed by atoms with van der Waals surface area (Å²) in [6, 6.07) is 14.3. The monoisotopic (exact) mass is 437 g/mol. The highest BCUT2D eigenvalue weighted by Gasteiger charge is 2.06. The van der Waals surface area contributed by atoms with Gasteiger partial charge in [0.25, 0.3) is 5.91 Å². The number of carbonyl (C=O) groups excluding carboxylic acids is 2. The normalized spacial score (nSPS) is 11.0. The van der Waals surface area contributed by atoms with Crippen molar-refractivity contribution in [2.75, 3.05) is 38.1 Å². The van der Waals surface area contributed by atoms with Crippen molar-refractivity contribution in [3.8, 4) is 5.75 Å². The summed E-state index contributed by atoms with van der Waals surface area (Å²) in [5.74, 6) is 0.590. The number of hydrogen-bond acceptors (Lipinski definition) is 5. The maximum Gasteiger partial charge on any atom is 0.251 e. The van der Waals surface area contributed by atoms with E-state index in [1.54, 1.807) is 30.5 Å². The molecule has 32 heavy (non-hydrogen) atoms. The molecule has 0 heterocycles. The first-order valence-electron chi connectivity index (χ1n) is 11.4. The van der Waals surface area contributed by atoms with Crippen LogP contribution in [0.15, 0.2) is 60.8 Å². The topological polar surface area (TPSA) is 70.7 Å². The third-order valence-corrected chi connectivity index (χ3v) is 5.15. The van der Waals surface area contributed by atoms with Crippen molar-refractivity contribution in [1.82, 2.24) is 10.2 Å². The molecule has 2 N–H and O–H groups in total. The molecule has 2 aromatic rings. The summed E-state index contributed by atoms with van der Waals surface area (Å²) in [7, 11) is 0. The van der Waals surface area contributed by atoms with Crippen molar-refractivity contribution < 1.29 is 14.3 Å². The van der Waals surface area contributed by atoms with Crippen molar-refractivity contribution in [2.24, 2.45) is 0 Å². The van der Waals surface area contributed by atoms with Gasteiger partial charge in [0.2, 0.25) is 0 Å². The lowest BCUT2D eigenvalue weighted by atomic mass is 10.1. The van der Waals surface area contributed by atoms with Crippen LogP contribution in [0.25, 0.3) is 0 Å². The molecule has 0 saturated carbocycles. The zero-order valence-corrected chi connectivity index (χ0v) is 19.4. The van der Waals surface area contributed by atoms with E-state index in [9.17, 15) is 9.59 Å². The zero-order chi connectivity index (χ0) is 23.2. The molecule has 0 radical (unpaired) electrons. The number of rotatable bonds is 14. The van der Waals surface area contributed by atoms with Gasteiger partial charge in [0.1, 0.15) is 5.75 Å². The van der Waals surface area contributed by atoms with Gasteiger partial charge in [-0.2, -0.15) is 0 Å². The number of unbranched alkanes of at least 4 members (excludes halogenated alkanes) is 1. The van der Waals surface area contributed by atoms with Crippen LogP contribution in [0.5, 0.6) is 5.75 Å². The Morgan fingerprint density at radius 2 is 1.59 bits per heavy atom. The van der Waals surface area contributed by atoms with Gasteiger partial charge in [0.15, 0.2) is 5.78 Å². The van der Waals surface area contributed by atoms with E-state index in [4.69, 9.17) is 4.74 Å². The molecular formula is C26H35N3O3. The molecule has 0 aliphatic rings. The number of likely N-dealkylation sites (N-methyl/N-ethyl adjacent to an activating group) is 1. The van der Waals surface area contributed by atoms with Crippen LogP contribution < -0.4 is 15.4 Å². The van der Waals surface area contributed by atoms with Crippen LogP contribution in [0.3, 0.4) is 0 Å². The van der Waals surface area contributed by atoms with Crippen LogP contribution in [-0.2, 0) is 0 Å². The molecule has 0 fully saturated rings. The van der Waals surface area contributed by atoms with Crippen molar-refractivity contribution in [3.05, 3.63) is 71.9 Å². The molecule has 0 atom stereocenters. The fourth-order valence-electron chi connectivity index (χ4n) is 3.05. The Hall–Kier alpha value is -3.12. The Bertz CT molecular complexity index is 857. The molecule has 2 aromatic carbocycles. The van der Waals surface area contributed by atoms with Gasteiger partial charge in [-0.15, -0.1) is 0 Å². The molecule has 0 saturated heterocycles. The molecular weight excluding hydrogens is 402 g/mol. The first-order valence-corrected chi connectivity index (χ1v) is 11.4. The molecule has 1 amide bonds. The number of hydrogen-bond donors (Lipinski definition) is 2. The highest BCUT2D eigenvalue weighted by molar-refractivity contribution is 6.04. The third kappa shape index (κ3) is 8.55. The number of anilines is 1. The van der Waals surface area contributed by atoms with E-state index >= 15 is 0 Å². The van der Waals surface area contributed by atoms with Crippen molar-refractivity contribution in [1.29, 1.82) is 0 Å². The SMILES string of the molecule is CCCCOc1ccc(C(=O)C=CNc2ccc(C(=O)NCCN(CC)CC)cc2)cc1. The summed E-state index contributed by atoms with van der Waals surface area (Å²) >= 11 is 0. The maximum absolute atomic E-state index is 12.3. The number of amides is 1.